The molecule has 2 heterocycles. The third kappa shape index (κ3) is 1.23. The van der Waals surface area contributed by atoms with Crippen LogP contribution in [0.15, 0.2) is 20.0 Å². The largest absolute Gasteiger partial charge is 0.439 e. The zero-order valence-corrected chi connectivity index (χ0v) is 8.69. The van der Waals surface area contributed by atoms with Crippen LogP contribution in [0.2, 0.25) is 0 Å². The molecule has 0 saturated carbocycles. The number of fused-ring (bicyclic) bond motifs is 1. The highest BCUT2D eigenvalue weighted by atomic mass is 79.9. The molecule has 62 valence electrons. The Morgan fingerprint density at radius 1 is 1.50 bits per heavy atom. The number of aromatic nitrogens is 2. The van der Waals surface area contributed by atoms with Gasteiger partial charge in [0, 0.05) is 17.9 Å². The summed E-state index contributed by atoms with van der Waals surface area (Å²) in [7, 11) is 0. The van der Waals surface area contributed by atoms with E-state index in [1.165, 1.54) is 0 Å². The molecule has 0 aromatic carbocycles. The lowest BCUT2D eigenvalue weighted by molar-refractivity contribution is 0.560. The zero-order chi connectivity index (χ0) is 8.72. The van der Waals surface area contributed by atoms with Crippen LogP contribution in [-0.2, 0) is 0 Å². The van der Waals surface area contributed by atoms with E-state index in [0.29, 0.717) is 21.7 Å². The summed E-state index contributed by atoms with van der Waals surface area (Å²) < 4.78 is 5.95. The Kier molecular flexibility index (Phi) is 1.84. The summed E-state index contributed by atoms with van der Waals surface area (Å²) in [6.45, 7) is 1.79. The molecule has 12 heavy (non-hydrogen) atoms. The fourth-order valence-electron chi connectivity index (χ4n) is 0.940. The zero-order valence-electron chi connectivity index (χ0n) is 6.21. The second-order valence-electron chi connectivity index (χ2n) is 2.35. The van der Waals surface area contributed by atoms with Crippen molar-refractivity contribution in [3.8, 4) is 0 Å². The second kappa shape index (κ2) is 2.74. The molecule has 3 nitrogen and oxygen atoms in total. The first-order chi connectivity index (χ1) is 5.66. The van der Waals surface area contributed by atoms with Gasteiger partial charge in [-0.1, -0.05) is 0 Å². The van der Waals surface area contributed by atoms with Gasteiger partial charge in [-0.3, -0.25) is 0 Å². The third-order valence-electron chi connectivity index (χ3n) is 1.42. The standard InChI is InChI=1S/C7H5BrN2OS/c1-3-9-7-4(11-3)2-5(12)6(8)10-7/h2,12H,1H3. The van der Waals surface area contributed by atoms with Crippen LogP contribution in [0.4, 0.5) is 0 Å². The maximum atomic E-state index is 5.26. The van der Waals surface area contributed by atoms with E-state index >= 15 is 0 Å². The molecule has 0 spiro atoms. The van der Waals surface area contributed by atoms with Gasteiger partial charge in [-0.15, -0.1) is 12.6 Å². The number of hydrogen-bond acceptors (Lipinski definition) is 4. The van der Waals surface area contributed by atoms with Crippen molar-refractivity contribution in [1.82, 2.24) is 9.97 Å². The molecule has 0 bridgehead atoms. The Morgan fingerprint density at radius 2 is 2.25 bits per heavy atom. The number of rotatable bonds is 0. The summed E-state index contributed by atoms with van der Waals surface area (Å²) in [5.74, 6) is 0.614. The molecule has 0 atom stereocenters. The van der Waals surface area contributed by atoms with Crippen LogP contribution >= 0.6 is 28.6 Å². The first-order valence-electron chi connectivity index (χ1n) is 3.29. The molecule has 0 radical (unpaired) electrons. The highest BCUT2D eigenvalue weighted by molar-refractivity contribution is 9.10. The molecule has 0 N–H and O–H groups in total. The number of nitrogens with zero attached hydrogens (tertiary/aromatic N) is 2. The number of hydrogen-bond donors (Lipinski definition) is 1. The van der Waals surface area contributed by atoms with Crippen molar-refractivity contribution in [1.29, 1.82) is 0 Å². The molecule has 5 heteroatoms. The number of oxazole rings is 1. The van der Waals surface area contributed by atoms with Gasteiger partial charge in [0.05, 0.1) is 0 Å². The van der Waals surface area contributed by atoms with E-state index in [9.17, 15) is 0 Å². The Bertz CT molecular complexity index is 401. The van der Waals surface area contributed by atoms with Crippen molar-refractivity contribution in [2.75, 3.05) is 0 Å². The molecular formula is C7H5BrN2OS. The van der Waals surface area contributed by atoms with E-state index in [-0.39, 0.29) is 0 Å². The predicted octanol–water partition coefficient (Wildman–Crippen LogP) is 2.58. The lowest BCUT2D eigenvalue weighted by Crippen LogP contribution is -1.79. The maximum absolute atomic E-state index is 5.26. The van der Waals surface area contributed by atoms with Crippen molar-refractivity contribution >= 4 is 39.8 Å². The number of pyridine rings is 1. The van der Waals surface area contributed by atoms with Crippen molar-refractivity contribution in [3.05, 3.63) is 16.6 Å². The summed E-state index contributed by atoms with van der Waals surface area (Å²) in [6, 6.07) is 1.79. The molecule has 0 unspecified atom stereocenters. The van der Waals surface area contributed by atoms with Crippen LogP contribution in [0.25, 0.3) is 11.2 Å². The van der Waals surface area contributed by atoms with Gasteiger partial charge in [0.15, 0.2) is 17.1 Å². The highest BCUT2D eigenvalue weighted by Crippen LogP contribution is 2.23. The summed E-state index contributed by atoms with van der Waals surface area (Å²) in [6.07, 6.45) is 0. The van der Waals surface area contributed by atoms with Gasteiger partial charge < -0.3 is 4.42 Å². The molecule has 0 aliphatic carbocycles. The predicted molar refractivity (Wildman–Crippen MR) is 51.5 cm³/mol. The smallest absolute Gasteiger partial charge is 0.199 e. The summed E-state index contributed by atoms with van der Waals surface area (Å²) in [5.41, 5.74) is 1.28. The number of halogens is 1. The van der Waals surface area contributed by atoms with Crippen molar-refractivity contribution in [2.45, 2.75) is 11.8 Å². The Morgan fingerprint density at radius 3 is 3.00 bits per heavy atom. The molecule has 0 saturated heterocycles. The lowest BCUT2D eigenvalue weighted by atomic mass is 10.5. The van der Waals surface area contributed by atoms with Crippen LogP contribution in [0.3, 0.4) is 0 Å². The van der Waals surface area contributed by atoms with Crippen LogP contribution in [0, 0.1) is 6.92 Å². The third-order valence-corrected chi connectivity index (χ3v) is 2.68. The average molecular weight is 245 g/mol. The van der Waals surface area contributed by atoms with E-state index in [2.05, 4.69) is 38.5 Å². The molecule has 2 aromatic heterocycles. The molecule has 0 fully saturated rings. The van der Waals surface area contributed by atoms with Crippen LogP contribution < -0.4 is 0 Å². The maximum Gasteiger partial charge on any atom is 0.199 e. The van der Waals surface area contributed by atoms with Crippen molar-refractivity contribution in [3.63, 3.8) is 0 Å². The van der Waals surface area contributed by atoms with Crippen LogP contribution in [0.5, 0.6) is 0 Å². The molecule has 0 aliphatic rings. The topological polar surface area (TPSA) is 38.9 Å². The Labute approximate surface area is 82.7 Å². The normalized spacial score (nSPS) is 10.9. The van der Waals surface area contributed by atoms with Crippen molar-refractivity contribution < 1.29 is 4.42 Å². The van der Waals surface area contributed by atoms with Gasteiger partial charge in [-0.2, -0.15) is 4.98 Å². The lowest BCUT2D eigenvalue weighted by Gasteiger charge is -1.92. The minimum absolute atomic E-state index is 0.608. The second-order valence-corrected chi connectivity index (χ2v) is 3.59. The molecular weight excluding hydrogens is 240 g/mol. The van der Waals surface area contributed by atoms with Gasteiger partial charge >= 0.3 is 0 Å². The van der Waals surface area contributed by atoms with Gasteiger partial charge in [0.25, 0.3) is 0 Å². The fraction of sp³-hybridized carbons (Fsp3) is 0.143. The quantitative estimate of drug-likeness (QED) is 0.572. The minimum atomic E-state index is 0.608. The van der Waals surface area contributed by atoms with Gasteiger partial charge in [-0.05, 0) is 15.9 Å². The van der Waals surface area contributed by atoms with Crippen molar-refractivity contribution in [2.24, 2.45) is 0 Å². The molecule has 2 rings (SSSR count). The van der Waals surface area contributed by atoms with E-state index < -0.39 is 0 Å². The summed E-state index contributed by atoms with van der Waals surface area (Å²) in [5, 5.41) is 0. The van der Waals surface area contributed by atoms with E-state index in [1.807, 2.05) is 0 Å². The van der Waals surface area contributed by atoms with Gasteiger partial charge in [-0.25, -0.2) is 4.98 Å². The van der Waals surface area contributed by atoms with Gasteiger partial charge in [0.1, 0.15) is 4.60 Å². The van der Waals surface area contributed by atoms with Crippen LogP contribution in [-0.4, -0.2) is 9.97 Å². The summed E-state index contributed by atoms with van der Waals surface area (Å²) >= 11 is 7.44. The van der Waals surface area contributed by atoms with E-state index in [1.54, 1.807) is 13.0 Å². The highest BCUT2D eigenvalue weighted by Gasteiger charge is 2.06. The SMILES string of the molecule is Cc1nc2nc(Br)c(S)cc2o1. The fourth-order valence-corrected chi connectivity index (χ4v) is 1.39. The summed E-state index contributed by atoms with van der Waals surface area (Å²) in [4.78, 5) is 8.95. The minimum Gasteiger partial charge on any atom is -0.439 e. The average Bonchev–Trinajstić information content (AvgIpc) is 2.30. The first-order valence-corrected chi connectivity index (χ1v) is 4.53. The number of aryl methyl sites for hydroxylation is 1. The van der Waals surface area contributed by atoms with Gasteiger partial charge in [0.2, 0.25) is 0 Å². The first kappa shape index (κ1) is 8.07. The van der Waals surface area contributed by atoms with E-state index in [4.69, 9.17) is 4.42 Å². The molecule has 2 aromatic rings. The van der Waals surface area contributed by atoms with Crippen LogP contribution in [0.1, 0.15) is 5.89 Å². The Hall–Kier alpha value is -0.550. The van der Waals surface area contributed by atoms with E-state index in [0.717, 1.165) is 4.90 Å². The monoisotopic (exact) mass is 244 g/mol. The number of thiol groups is 1. The molecule has 0 aliphatic heterocycles. The molecule has 0 amide bonds. The Balaban J connectivity index is 2.83.